The zero-order valence-corrected chi connectivity index (χ0v) is 15.7. The first-order valence-corrected chi connectivity index (χ1v) is 9.44. The normalized spacial score (nSPS) is 16.1. The van der Waals surface area contributed by atoms with Gasteiger partial charge in [0.25, 0.3) is 0 Å². The second-order valence-corrected chi connectivity index (χ2v) is 7.14. The van der Waals surface area contributed by atoms with Crippen LogP contribution in [0.2, 0.25) is 0 Å². The van der Waals surface area contributed by atoms with Crippen molar-refractivity contribution in [3.05, 3.63) is 59.1 Å². The zero-order valence-electron chi connectivity index (χ0n) is 15.7. The highest BCUT2D eigenvalue weighted by Crippen LogP contribution is 2.24. The molecule has 1 aliphatic carbocycles. The predicted octanol–water partition coefficient (Wildman–Crippen LogP) is 3.29. The minimum atomic E-state index is 0.0387. The number of oxazole rings is 1. The van der Waals surface area contributed by atoms with Gasteiger partial charge in [0.1, 0.15) is 5.82 Å². The Balaban J connectivity index is 1.32. The average molecular weight is 364 g/mol. The largest absolute Gasteiger partial charge is 0.440 e. The van der Waals surface area contributed by atoms with E-state index in [1.54, 1.807) is 0 Å². The fraction of sp³-hybridized carbons (Fsp3) is 0.381. The number of aromatic nitrogens is 3. The lowest BCUT2D eigenvalue weighted by atomic mass is 9.96. The van der Waals surface area contributed by atoms with Crippen LogP contribution in [0, 0.1) is 13.8 Å². The smallest absolute Gasteiger partial charge is 0.220 e. The van der Waals surface area contributed by atoms with Crippen LogP contribution >= 0.6 is 0 Å². The summed E-state index contributed by atoms with van der Waals surface area (Å²) < 4.78 is 5.89. The van der Waals surface area contributed by atoms with Crippen molar-refractivity contribution in [1.29, 1.82) is 0 Å². The zero-order chi connectivity index (χ0) is 18.8. The van der Waals surface area contributed by atoms with E-state index >= 15 is 0 Å². The van der Waals surface area contributed by atoms with Crippen molar-refractivity contribution in [3.63, 3.8) is 0 Å². The highest BCUT2D eigenvalue weighted by atomic mass is 16.4. The summed E-state index contributed by atoms with van der Waals surface area (Å²) in [6.45, 7) is 3.90. The molecule has 1 aliphatic rings. The summed E-state index contributed by atoms with van der Waals surface area (Å²) in [5.74, 6) is 2.37. The van der Waals surface area contributed by atoms with Gasteiger partial charge in [-0.25, -0.2) is 9.97 Å². The summed E-state index contributed by atoms with van der Waals surface area (Å²) in [7, 11) is 0. The Hall–Kier alpha value is -2.89. The number of H-pyrrole nitrogens is 1. The van der Waals surface area contributed by atoms with E-state index in [0.717, 1.165) is 53.5 Å². The van der Waals surface area contributed by atoms with Crippen LogP contribution in [0.1, 0.15) is 41.6 Å². The summed E-state index contributed by atoms with van der Waals surface area (Å²) in [5, 5.41) is 3.14. The molecule has 0 saturated carbocycles. The van der Waals surface area contributed by atoms with Gasteiger partial charge in [-0.15, -0.1) is 0 Å². The quantitative estimate of drug-likeness (QED) is 0.728. The SMILES string of the molecule is Cc1nc2c([nH]1)CC(NC(=O)CCc1nc(C)c(-c3ccccc3)o1)CC2. The van der Waals surface area contributed by atoms with Crippen molar-refractivity contribution < 1.29 is 9.21 Å². The molecule has 1 atom stereocenters. The topological polar surface area (TPSA) is 83.8 Å². The summed E-state index contributed by atoms with van der Waals surface area (Å²) in [4.78, 5) is 24.6. The fourth-order valence-electron chi connectivity index (χ4n) is 3.68. The van der Waals surface area contributed by atoms with E-state index in [1.165, 1.54) is 0 Å². The molecule has 0 spiro atoms. The molecule has 0 aliphatic heterocycles. The Morgan fingerprint density at radius 2 is 2.07 bits per heavy atom. The summed E-state index contributed by atoms with van der Waals surface area (Å²) in [6, 6.07) is 10.1. The van der Waals surface area contributed by atoms with Gasteiger partial charge >= 0.3 is 0 Å². The second kappa shape index (κ2) is 7.39. The lowest BCUT2D eigenvalue weighted by Gasteiger charge is -2.22. The van der Waals surface area contributed by atoms with E-state index in [9.17, 15) is 4.79 Å². The highest BCUT2D eigenvalue weighted by Gasteiger charge is 2.23. The highest BCUT2D eigenvalue weighted by molar-refractivity contribution is 5.76. The molecule has 1 amide bonds. The van der Waals surface area contributed by atoms with Gasteiger partial charge in [-0.05, 0) is 26.7 Å². The molecule has 1 aromatic carbocycles. The maximum atomic E-state index is 12.4. The van der Waals surface area contributed by atoms with Crippen LogP contribution in [-0.4, -0.2) is 26.9 Å². The van der Waals surface area contributed by atoms with Crippen molar-refractivity contribution in [3.8, 4) is 11.3 Å². The molecular formula is C21H24N4O2. The summed E-state index contributed by atoms with van der Waals surface area (Å²) >= 11 is 0. The molecule has 1 unspecified atom stereocenters. The van der Waals surface area contributed by atoms with E-state index in [2.05, 4.69) is 20.3 Å². The number of aryl methyl sites for hydroxylation is 4. The third-order valence-corrected chi connectivity index (χ3v) is 4.97. The number of rotatable bonds is 5. The Morgan fingerprint density at radius 3 is 2.89 bits per heavy atom. The third-order valence-electron chi connectivity index (χ3n) is 4.97. The van der Waals surface area contributed by atoms with Crippen LogP contribution in [0.25, 0.3) is 11.3 Å². The van der Waals surface area contributed by atoms with E-state index in [4.69, 9.17) is 4.42 Å². The second-order valence-electron chi connectivity index (χ2n) is 7.14. The van der Waals surface area contributed by atoms with Gasteiger partial charge in [0.15, 0.2) is 11.7 Å². The standard InChI is InChI=1S/C21H24N4O2/c1-13-21(15-6-4-3-5-7-15)27-20(22-13)11-10-19(26)25-16-8-9-17-18(12-16)24-14(2)23-17/h3-7,16H,8-12H2,1-2H3,(H,23,24)(H,25,26). The first kappa shape index (κ1) is 17.5. The summed E-state index contributed by atoms with van der Waals surface area (Å²) in [5.41, 5.74) is 4.15. The molecule has 0 radical (unpaired) electrons. The van der Waals surface area contributed by atoms with Crippen LogP contribution < -0.4 is 5.32 Å². The minimum Gasteiger partial charge on any atom is -0.440 e. The minimum absolute atomic E-state index is 0.0387. The van der Waals surface area contributed by atoms with Gasteiger partial charge in [-0.2, -0.15) is 0 Å². The van der Waals surface area contributed by atoms with Gasteiger partial charge in [0.05, 0.1) is 11.4 Å². The first-order chi connectivity index (χ1) is 13.1. The number of nitrogens with zero attached hydrogens (tertiary/aromatic N) is 2. The van der Waals surface area contributed by atoms with Crippen molar-refractivity contribution in [2.45, 2.75) is 52.0 Å². The molecule has 0 bridgehead atoms. The van der Waals surface area contributed by atoms with Crippen molar-refractivity contribution in [2.75, 3.05) is 0 Å². The Morgan fingerprint density at radius 1 is 1.26 bits per heavy atom. The van der Waals surface area contributed by atoms with E-state index in [-0.39, 0.29) is 11.9 Å². The molecule has 2 N–H and O–H groups in total. The van der Waals surface area contributed by atoms with Crippen molar-refractivity contribution >= 4 is 5.91 Å². The third kappa shape index (κ3) is 3.94. The van der Waals surface area contributed by atoms with E-state index < -0.39 is 0 Å². The van der Waals surface area contributed by atoms with Gasteiger partial charge in [0, 0.05) is 36.6 Å². The molecule has 0 saturated heterocycles. The number of nitrogens with one attached hydrogen (secondary N) is 2. The van der Waals surface area contributed by atoms with Gasteiger partial charge in [-0.3, -0.25) is 4.79 Å². The number of aromatic amines is 1. The number of carbonyl (C=O) groups excluding carboxylic acids is 1. The van der Waals surface area contributed by atoms with Gasteiger partial charge < -0.3 is 14.7 Å². The number of imidazole rings is 1. The first-order valence-electron chi connectivity index (χ1n) is 9.44. The van der Waals surface area contributed by atoms with Crippen LogP contribution in [0.3, 0.4) is 0 Å². The molecule has 6 heteroatoms. The lowest BCUT2D eigenvalue weighted by Crippen LogP contribution is -2.39. The fourth-order valence-corrected chi connectivity index (χ4v) is 3.68. The summed E-state index contributed by atoms with van der Waals surface area (Å²) in [6.07, 6.45) is 3.53. The molecule has 27 heavy (non-hydrogen) atoms. The molecule has 0 fully saturated rings. The molecular weight excluding hydrogens is 340 g/mol. The average Bonchev–Trinajstić information content (AvgIpc) is 3.22. The Kier molecular flexibility index (Phi) is 4.79. The lowest BCUT2D eigenvalue weighted by molar-refractivity contribution is -0.121. The Labute approximate surface area is 158 Å². The number of benzene rings is 1. The molecule has 2 heterocycles. The van der Waals surface area contributed by atoms with Crippen LogP contribution in [0.5, 0.6) is 0 Å². The van der Waals surface area contributed by atoms with E-state index in [1.807, 2.05) is 44.2 Å². The number of carbonyl (C=O) groups is 1. The molecule has 140 valence electrons. The van der Waals surface area contributed by atoms with E-state index in [0.29, 0.717) is 18.7 Å². The van der Waals surface area contributed by atoms with Crippen molar-refractivity contribution in [2.24, 2.45) is 0 Å². The number of hydrogen-bond donors (Lipinski definition) is 2. The Bertz CT molecular complexity index is 943. The molecule has 2 aromatic heterocycles. The van der Waals surface area contributed by atoms with Crippen LogP contribution in [0.4, 0.5) is 0 Å². The molecule has 6 nitrogen and oxygen atoms in total. The van der Waals surface area contributed by atoms with Gasteiger partial charge in [0.2, 0.25) is 5.91 Å². The van der Waals surface area contributed by atoms with Crippen LogP contribution in [0.15, 0.2) is 34.7 Å². The maximum absolute atomic E-state index is 12.4. The molecule has 4 rings (SSSR count). The monoisotopic (exact) mass is 364 g/mol. The van der Waals surface area contributed by atoms with Crippen molar-refractivity contribution in [1.82, 2.24) is 20.3 Å². The number of fused-ring (bicyclic) bond motifs is 1. The number of hydrogen-bond acceptors (Lipinski definition) is 4. The number of amides is 1. The van der Waals surface area contributed by atoms with Gasteiger partial charge in [-0.1, -0.05) is 30.3 Å². The van der Waals surface area contributed by atoms with Crippen LogP contribution in [-0.2, 0) is 24.1 Å². The maximum Gasteiger partial charge on any atom is 0.220 e. The predicted molar refractivity (Wildman–Crippen MR) is 102 cm³/mol. The molecule has 3 aromatic rings.